The first kappa shape index (κ1) is 20.4. The van der Waals surface area contributed by atoms with Crippen molar-refractivity contribution in [1.29, 1.82) is 0 Å². The molecular weight excluding hydrogens is 376 g/mol. The van der Waals surface area contributed by atoms with E-state index in [1.54, 1.807) is 19.1 Å². The predicted octanol–water partition coefficient (Wildman–Crippen LogP) is 2.01. The summed E-state index contributed by atoms with van der Waals surface area (Å²) in [6.07, 6.45) is 4.32. The summed E-state index contributed by atoms with van der Waals surface area (Å²) in [7, 11) is 0. The van der Waals surface area contributed by atoms with Crippen molar-refractivity contribution in [2.24, 2.45) is 0 Å². The molecule has 1 N–H and O–H groups in total. The molecule has 1 aliphatic heterocycles. The Morgan fingerprint density at radius 2 is 2.14 bits per heavy atom. The van der Waals surface area contributed by atoms with Gasteiger partial charge in [0.05, 0.1) is 16.3 Å². The Morgan fingerprint density at radius 3 is 2.93 bits per heavy atom. The standard InChI is InChI=1S/C19H24N6O4/c1-14-18(21-22-24(14)15-7-5-8-16(13-15)25(28)29)19(27)20-10-6-12-23-11-4-2-3-9-17(23)26/h5,7-8,13H,2-4,6,9-12H2,1H3,(H,20,27). The van der Waals surface area contributed by atoms with Crippen molar-refractivity contribution < 1.29 is 14.5 Å². The van der Waals surface area contributed by atoms with Crippen LogP contribution in [-0.4, -0.2) is 56.3 Å². The van der Waals surface area contributed by atoms with Crippen LogP contribution < -0.4 is 5.32 Å². The van der Waals surface area contributed by atoms with E-state index in [9.17, 15) is 19.7 Å². The van der Waals surface area contributed by atoms with Gasteiger partial charge in [-0.1, -0.05) is 17.7 Å². The van der Waals surface area contributed by atoms with Crippen LogP contribution in [0, 0.1) is 17.0 Å². The number of nitrogens with one attached hydrogen (secondary N) is 1. The number of non-ortho nitro benzene ring substituents is 1. The molecule has 0 spiro atoms. The number of rotatable bonds is 7. The lowest BCUT2D eigenvalue weighted by Gasteiger charge is -2.20. The van der Waals surface area contributed by atoms with Gasteiger partial charge in [-0.2, -0.15) is 0 Å². The molecule has 10 nitrogen and oxygen atoms in total. The van der Waals surface area contributed by atoms with Crippen molar-refractivity contribution in [3.05, 3.63) is 45.8 Å². The molecule has 1 saturated heterocycles. The van der Waals surface area contributed by atoms with Gasteiger partial charge in [-0.15, -0.1) is 5.10 Å². The summed E-state index contributed by atoms with van der Waals surface area (Å²) in [5.74, 6) is -0.175. The van der Waals surface area contributed by atoms with Gasteiger partial charge >= 0.3 is 0 Å². The highest BCUT2D eigenvalue weighted by molar-refractivity contribution is 5.93. The van der Waals surface area contributed by atoms with E-state index in [0.29, 0.717) is 37.3 Å². The van der Waals surface area contributed by atoms with Crippen molar-refractivity contribution in [3.8, 4) is 5.69 Å². The van der Waals surface area contributed by atoms with E-state index in [2.05, 4.69) is 15.6 Å². The summed E-state index contributed by atoms with van der Waals surface area (Å²) in [5, 5.41) is 21.6. The van der Waals surface area contributed by atoms with Crippen LogP contribution in [0.15, 0.2) is 24.3 Å². The van der Waals surface area contributed by atoms with Crippen LogP contribution in [0.5, 0.6) is 0 Å². The largest absolute Gasteiger partial charge is 0.351 e. The maximum absolute atomic E-state index is 12.4. The lowest BCUT2D eigenvalue weighted by Crippen LogP contribution is -2.34. The third-order valence-corrected chi connectivity index (χ3v) is 4.96. The molecule has 154 valence electrons. The Bertz CT molecular complexity index is 910. The minimum absolute atomic E-state index is 0.0635. The van der Waals surface area contributed by atoms with Gasteiger partial charge in [0, 0.05) is 38.2 Å². The molecule has 2 aromatic rings. The van der Waals surface area contributed by atoms with Crippen molar-refractivity contribution >= 4 is 17.5 Å². The molecule has 0 saturated carbocycles. The number of hydrogen-bond donors (Lipinski definition) is 1. The number of amides is 2. The number of aromatic nitrogens is 3. The van der Waals surface area contributed by atoms with Crippen molar-refractivity contribution in [1.82, 2.24) is 25.2 Å². The van der Waals surface area contributed by atoms with E-state index in [1.165, 1.54) is 16.8 Å². The SMILES string of the molecule is Cc1c(C(=O)NCCCN2CCCCCC2=O)nnn1-c1cccc([N+](=O)[O-])c1. The van der Waals surface area contributed by atoms with E-state index in [0.717, 1.165) is 25.8 Å². The van der Waals surface area contributed by atoms with Gasteiger partial charge in [-0.05, 0) is 32.3 Å². The van der Waals surface area contributed by atoms with Gasteiger partial charge in [0.2, 0.25) is 5.91 Å². The number of nitro groups is 1. The number of carbonyl (C=O) groups excluding carboxylic acids is 2. The van der Waals surface area contributed by atoms with Gasteiger partial charge in [-0.3, -0.25) is 19.7 Å². The molecule has 2 amide bonds. The van der Waals surface area contributed by atoms with Crippen LogP contribution in [0.2, 0.25) is 0 Å². The Labute approximate surface area is 168 Å². The van der Waals surface area contributed by atoms with Gasteiger partial charge in [0.15, 0.2) is 5.69 Å². The Morgan fingerprint density at radius 1 is 1.31 bits per heavy atom. The second-order valence-electron chi connectivity index (χ2n) is 7.01. The minimum atomic E-state index is -0.488. The molecule has 0 aliphatic carbocycles. The summed E-state index contributed by atoms with van der Waals surface area (Å²) in [6.45, 7) is 3.51. The predicted molar refractivity (Wildman–Crippen MR) is 105 cm³/mol. The number of carbonyl (C=O) groups is 2. The van der Waals surface area contributed by atoms with E-state index in [-0.39, 0.29) is 23.2 Å². The molecule has 10 heteroatoms. The van der Waals surface area contributed by atoms with E-state index in [4.69, 9.17) is 0 Å². The molecular formula is C19H24N6O4. The van der Waals surface area contributed by atoms with Crippen LogP contribution in [0.25, 0.3) is 5.69 Å². The quantitative estimate of drug-likeness (QED) is 0.431. The first-order chi connectivity index (χ1) is 14.0. The second-order valence-corrected chi connectivity index (χ2v) is 7.01. The highest BCUT2D eigenvalue weighted by Gasteiger charge is 2.19. The maximum Gasteiger partial charge on any atom is 0.273 e. The molecule has 0 radical (unpaired) electrons. The highest BCUT2D eigenvalue weighted by Crippen LogP contribution is 2.18. The second kappa shape index (κ2) is 9.26. The number of nitro benzene ring substituents is 1. The molecule has 0 unspecified atom stereocenters. The molecule has 1 aromatic heterocycles. The fourth-order valence-electron chi connectivity index (χ4n) is 3.35. The zero-order chi connectivity index (χ0) is 20.8. The summed E-state index contributed by atoms with van der Waals surface area (Å²) in [5.41, 5.74) is 1.06. The van der Waals surface area contributed by atoms with Crippen molar-refractivity contribution in [2.45, 2.75) is 39.0 Å². The average molecular weight is 400 g/mol. The maximum atomic E-state index is 12.4. The summed E-state index contributed by atoms with van der Waals surface area (Å²) in [4.78, 5) is 36.8. The van der Waals surface area contributed by atoms with Crippen LogP contribution in [0.3, 0.4) is 0 Å². The number of likely N-dealkylation sites (tertiary alicyclic amines) is 1. The van der Waals surface area contributed by atoms with Gasteiger partial charge < -0.3 is 10.2 Å². The minimum Gasteiger partial charge on any atom is -0.351 e. The smallest absolute Gasteiger partial charge is 0.273 e. The van der Waals surface area contributed by atoms with E-state index < -0.39 is 4.92 Å². The summed E-state index contributed by atoms with van der Waals surface area (Å²) >= 11 is 0. The van der Waals surface area contributed by atoms with E-state index in [1.807, 2.05) is 4.90 Å². The molecule has 1 aliphatic rings. The normalized spacial score (nSPS) is 14.5. The zero-order valence-corrected chi connectivity index (χ0v) is 16.3. The number of nitrogens with zero attached hydrogens (tertiary/aromatic N) is 5. The summed E-state index contributed by atoms with van der Waals surface area (Å²) in [6, 6.07) is 5.98. The Hall–Kier alpha value is -3.30. The van der Waals surface area contributed by atoms with Crippen LogP contribution in [0.1, 0.15) is 48.3 Å². The van der Waals surface area contributed by atoms with Crippen LogP contribution >= 0.6 is 0 Å². The molecule has 2 heterocycles. The van der Waals surface area contributed by atoms with Crippen LogP contribution in [0.4, 0.5) is 5.69 Å². The molecule has 0 atom stereocenters. The molecule has 1 aromatic carbocycles. The average Bonchev–Trinajstić information content (AvgIpc) is 2.98. The van der Waals surface area contributed by atoms with Gasteiger partial charge in [-0.25, -0.2) is 4.68 Å². The molecule has 3 rings (SSSR count). The number of benzene rings is 1. The first-order valence-electron chi connectivity index (χ1n) is 9.70. The van der Waals surface area contributed by atoms with Gasteiger partial charge in [0.25, 0.3) is 11.6 Å². The molecule has 1 fully saturated rings. The zero-order valence-electron chi connectivity index (χ0n) is 16.3. The highest BCUT2D eigenvalue weighted by atomic mass is 16.6. The monoisotopic (exact) mass is 400 g/mol. The fraction of sp³-hybridized carbons (Fsp3) is 0.474. The van der Waals surface area contributed by atoms with Gasteiger partial charge in [0.1, 0.15) is 0 Å². The molecule has 29 heavy (non-hydrogen) atoms. The fourth-order valence-corrected chi connectivity index (χ4v) is 3.35. The van der Waals surface area contributed by atoms with Crippen molar-refractivity contribution in [2.75, 3.05) is 19.6 Å². The Kier molecular flexibility index (Phi) is 6.53. The lowest BCUT2D eigenvalue weighted by atomic mass is 10.2. The summed E-state index contributed by atoms with van der Waals surface area (Å²) < 4.78 is 1.40. The third-order valence-electron chi connectivity index (χ3n) is 4.96. The third kappa shape index (κ3) is 4.95. The van der Waals surface area contributed by atoms with E-state index >= 15 is 0 Å². The Balaban J connectivity index is 1.57. The first-order valence-corrected chi connectivity index (χ1v) is 9.70. The van der Waals surface area contributed by atoms with Crippen molar-refractivity contribution in [3.63, 3.8) is 0 Å². The topological polar surface area (TPSA) is 123 Å². The molecule has 0 bridgehead atoms. The lowest BCUT2D eigenvalue weighted by molar-refractivity contribution is -0.384. The van der Waals surface area contributed by atoms with Crippen LogP contribution in [-0.2, 0) is 4.79 Å². The number of hydrogen-bond acceptors (Lipinski definition) is 6.